The summed E-state index contributed by atoms with van der Waals surface area (Å²) in [4.78, 5) is 11.2. The maximum atomic E-state index is 11.2. The molecule has 0 aromatic heterocycles. The molecule has 4 N–H and O–H groups in total. The number of aryl methyl sites for hydroxylation is 1. The molecular weight excluding hydrogens is 242 g/mol. The Labute approximate surface area is 100 Å². The van der Waals surface area contributed by atoms with Crippen LogP contribution < -0.4 is 15.8 Å². The number of nitrogens with two attached hydrogens (primary N) is 1. The summed E-state index contributed by atoms with van der Waals surface area (Å²) in [7, 11) is -3.39. The van der Waals surface area contributed by atoms with Gasteiger partial charge in [0.25, 0.3) is 0 Å². The van der Waals surface area contributed by atoms with Crippen LogP contribution in [0.2, 0.25) is 0 Å². The van der Waals surface area contributed by atoms with Gasteiger partial charge in [-0.25, -0.2) is 8.42 Å². The number of sulfonamides is 1. The minimum absolute atomic E-state index is 0.160. The molecule has 0 heterocycles. The molecule has 1 aromatic carbocycles. The van der Waals surface area contributed by atoms with E-state index in [4.69, 9.17) is 5.73 Å². The van der Waals surface area contributed by atoms with Crippen molar-refractivity contribution in [3.05, 3.63) is 23.8 Å². The molecule has 94 valence electrons. The monoisotopic (exact) mass is 257 g/mol. The predicted octanol–water partition coefficient (Wildman–Crippen LogP) is 0.264. The van der Waals surface area contributed by atoms with E-state index in [-0.39, 0.29) is 12.5 Å². The van der Waals surface area contributed by atoms with Gasteiger partial charge >= 0.3 is 0 Å². The van der Waals surface area contributed by atoms with E-state index < -0.39 is 10.0 Å². The van der Waals surface area contributed by atoms with E-state index in [1.54, 1.807) is 18.2 Å². The molecule has 1 aromatic rings. The molecule has 0 fully saturated rings. The van der Waals surface area contributed by atoms with Gasteiger partial charge < -0.3 is 11.1 Å². The van der Waals surface area contributed by atoms with Crippen molar-refractivity contribution >= 4 is 27.3 Å². The van der Waals surface area contributed by atoms with Crippen molar-refractivity contribution in [2.24, 2.45) is 5.73 Å². The van der Waals surface area contributed by atoms with Crippen LogP contribution in [-0.2, 0) is 14.8 Å². The maximum Gasteiger partial charge on any atom is 0.238 e. The normalized spacial score (nSPS) is 11.0. The second kappa shape index (κ2) is 5.15. The Kier molecular flexibility index (Phi) is 4.08. The quantitative estimate of drug-likeness (QED) is 0.720. The van der Waals surface area contributed by atoms with Crippen molar-refractivity contribution < 1.29 is 13.2 Å². The van der Waals surface area contributed by atoms with Crippen LogP contribution in [-0.4, -0.2) is 27.1 Å². The average molecular weight is 257 g/mol. The van der Waals surface area contributed by atoms with Crippen LogP contribution >= 0.6 is 0 Å². The Morgan fingerprint density at radius 1 is 1.35 bits per heavy atom. The van der Waals surface area contributed by atoms with Crippen molar-refractivity contribution in [2.75, 3.05) is 22.8 Å². The lowest BCUT2D eigenvalue weighted by atomic mass is 10.2. The SMILES string of the molecule is Cc1ccc(NS(C)(=O)=O)c(NC(=O)CN)c1. The summed E-state index contributed by atoms with van der Waals surface area (Å²) in [6.45, 7) is 1.68. The minimum atomic E-state index is -3.39. The van der Waals surface area contributed by atoms with Gasteiger partial charge in [0.15, 0.2) is 0 Å². The van der Waals surface area contributed by atoms with Crippen LogP contribution in [0, 0.1) is 6.92 Å². The molecule has 0 atom stereocenters. The van der Waals surface area contributed by atoms with Crippen LogP contribution in [0.15, 0.2) is 18.2 Å². The average Bonchev–Trinajstić information content (AvgIpc) is 2.20. The van der Waals surface area contributed by atoms with Gasteiger partial charge in [-0.05, 0) is 24.6 Å². The Balaban J connectivity index is 3.08. The minimum Gasteiger partial charge on any atom is -0.323 e. The number of carbonyl (C=O) groups is 1. The molecule has 0 aliphatic rings. The number of amides is 1. The van der Waals surface area contributed by atoms with Crippen LogP contribution in [0.5, 0.6) is 0 Å². The molecule has 0 bridgehead atoms. The molecule has 0 spiro atoms. The van der Waals surface area contributed by atoms with Crippen molar-refractivity contribution in [3.63, 3.8) is 0 Å². The predicted molar refractivity (Wildman–Crippen MR) is 67.3 cm³/mol. The van der Waals surface area contributed by atoms with E-state index in [1.807, 2.05) is 6.92 Å². The molecule has 0 unspecified atom stereocenters. The van der Waals surface area contributed by atoms with E-state index in [2.05, 4.69) is 10.0 Å². The number of carbonyl (C=O) groups excluding carboxylic acids is 1. The number of hydrogen-bond donors (Lipinski definition) is 3. The number of benzene rings is 1. The first-order chi connectivity index (χ1) is 7.81. The first-order valence-electron chi connectivity index (χ1n) is 4.90. The smallest absolute Gasteiger partial charge is 0.238 e. The molecule has 17 heavy (non-hydrogen) atoms. The molecule has 0 aliphatic heterocycles. The molecule has 1 amide bonds. The molecule has 0 saturated carbocycles. The first-order valence-corrected chi connectivity index (χ1v) is 6.79. The molecule has 0 radical (unpaired) electrons. The van der Waals surface area contributed by atoms with Gasteiger partial charge in [-0.1, -0.05) is 6.07 Å². The lowest BCUT2D eigenvalue weighted by Crippen LogP contribution is -2.23. The fourth-order valence-corrected chi connectivity index (χ4v) is 1.83. The van der Waals surface area contributed by atoms with Gasteiger partial charge in [-0.2, -0.15) is 0 Å². The number of hydrogen-bond acceptors (Lipinski definition) is 4. The first kappa shape index (κ1) is 13.5. The van der Waals surface area contributed by atoms with E-state index in [1.165, 1.54) is 0 Å². The Hall–Kier alpha value is -1.60. The highest BCUT2D eigenvalue weighted by atomic mass is 32.2. The highest BCUT2D eigenvalue weighted by Gasteiger charge is 2.09. The Bertz CT molecular complexity index is 526. The number of anilines is 2. The van der Waals surface area contributed by atoms with E-state index in [9.17, 15) is 13.2 Å². The summed E-state index contributed by atoms with van der Waals surface area (Å²) in [5.74, 6) is -0.382. The highest BCUT2D eigenvalue weighted by molar-refractivity contribution is 7.92. The van der Waals surface area contributed by atoms with Crippen molar-refractivity contribution in [1.29, 1.82) is 0 Å². The van der Waals surface area contributed by atoms with Gasteiger partial charge in [-0.3, -0.25) is 9.52 Å². The van der Waals surface area contributed by atoms with E-state index >= 15 is 0 Å². The third kappa shape index (κ3) is 4.41. The largest absolute Gasteiger partial charge is 0.323 e. The Morgan fingerprint density at radius 2 is 2.00 bits per heavy atom. The Morgan fingerprint density at radius 3 is 2.53 bits per heavy atom. The van der Waals surface area contributed by atoms with Gasteiger partial charge in [0.2, 0.25) is 15.9 Å². The third-order valence-corrected chi connectivity index (χ3v) is 2.52. The fraction of sp³-hybridized carbons (Fsp3) is 0.300. The summed E-state index contributed by atoms with van der Waals surface area (Å²) in [5.41, 5.74) is 6.80. The topological polar surface area (TPSA) is 101 Å². The van der Waals surface area contributed by atoms with Gasteiger partial charge in [0.1, 0.15) is 0 Å². The van der Waals surface area contributed by atoms with Crippen LogP contribution in [0.3, 0.4) is 0 Å². The van der Waals surface area contributed by atoms with Crippen molar-refractivity contribution in [1.82, 2.24) is 0 Å². The van der Waals surface area contributed by atoms with Crippen LogP contribution in [0.25, 0.3) is 0 Å². The zero-order valence-electron chi connectivity index (χ0n) is 9.65. The van der Waals surface area contributed by atoms with Gasteiger partial charge in [0, 0.05) is 0 Å². The maximum absolute atomic E-state index is 11.2. The second-order valence-corrected chi connectivity index (χ2v) is 5.42. The fourth-order valence-electron chi connectivity index (χ4n) is 1.25. The summed E-state index contributed by atoms with van der Waals surface area (Å²) in [6, 6.07) is 5.00. The second-order valence-electron chi connectivity index (χ2n) is 3.68. The zero-order valence-corrected chi connectivity index (χ0v) is 10.5. The third-order valence-electron chi connectivity index (χ3n) is 1.93. The molecule has 0 aliphatic carbocycles. The lowest BCUT2D eigenvalue weighted by molar-refractivity contribution is -0.114. The van der Waals surface area contributed by atoms with E-state index in [0.29, 0.717) is 11.4 Å². The summed E-state index contributed by atoms with van der Waals surface area (Å²) >= 11 is 0. The summed E-state index contributed by atoms with van der Waals surface area (Å²) in [6.07, 6.45) is 1.04. The number of nitrogens with one attached hydrogen (secondary N) is 2. The van der Waals surface area contributed by atoms with E-state index in [0.717, 1.165) is 11.8 Å². The summed E-state index contributed by atoms with van der Waals surface area (Å²) < 4.78 is 24.6. The van der Waals surface area contributed by atoms with Crippen LogP contribution in [0.4, 0.5) is 11.4 Å². The summed E-state index contributed by atoms with van der Waals surface area (Å²) in [5, 5.41) is 2.53. The van der Waals surface area contributed by atoms with Crippen LogP contribution in [0.1, 0.15) is 5.56 Å². The van der Waals surface area contributed by atoms with Gasteiger partial charge in [-0.15, -0.1) is 0 Å². The standard InChI is InChI=1S/C10H15N3O3S/c1-7-3-4-8(13-17(2,15)16)9(5-7)12-10(14)6-11/h3-5,13H,6,11H2,1-2H3,(H,12,14). The lowest BCUT2D eigenvalue weighted by Gasteiger charge is -2.12. The zero-order chi connectivity index (χ0) is 13.1. The number of rotatable bonds is 4. The molecule has 7 heteroatoms. The molecular formula is C10H15N3O3S. The highest BCUT2D eigenvalue weighted by Crippen LogP contribution is 2.23. The molecule has 0 saturated heterocycles. The van der Waals surface area contributed by atoms with Gasteiger partial charge in [0.05, 0.1) is 24.2 Å². The van der Waals surface area contributed by atoms with Crippen molar-refractivity contribution in [2.45, 2.75) is 6.92 Å². The molecule has 1 rings (SSSR count). The van der Waals surface area contributed by atoms with Crippen molar-refractivity contribution in [3.8, 4) is 0 Å². The molecule has 6 nitrogen and oxygen atoms in total.